The minimum absolute atomic E-state index is 0.0248. The molecule has 2 aromatic carbocycles. The Balaban J connectivity index is 1.58. The average Bonchev–Trinajstić information content (AvgIpc) is 2.74. The third kappa shape index (κ3) is 5.98. The Bertz CT molecular complexity index is 849. The fraction of sp³-hybridized carbons (Fsp3) is 0.429. The number of nitro groups is 1. The number of unbranched alkanes of at least 4 members (excludes halogenated alkanes) is 2. The highest BCUT2D eigenvalue weighted by Gasteiger charge is 2.17. The molecule has 1 aliphatic rings. The van der Waals surface area contributed by atoms with Crippen molar-refractivity contribution < 1.29 is 4.92 Å². The first-order chi connectivity index (χ1) is 14.1. The smallest absolute Gasteiger partial charge is 0.269 e. The summed E-state index contributed by atoms with van der Waals surface area (Å²) in [5.74, 6) is 0. The second-order valence-corrected chi connectivity index (χ2v) is 7.55. The summed E-state index contributed by atoms with van der Waals surface area (Å²) in [6, 6.07) is 11.7. The molecule has 154 valence electrons. The van der Waals surface area contributed by atoms with Gasteiger partial charge in [-0.05, 0) is 43.3 Å². The van der Waals surface area contributed by atoms with Crippen LogP contribution in [-0.4, -0.2) is 42.5 Å². The van der Waals surface area contributed by atoms with E-state index in [1.54, 1.807) is 12.1 Å². The van der Waals surface area contributed by atoms with Crippen molar-refractivity contribution in [1.29, 1.82) is 0 Å². The van der Waals surface area contributed by atoms with E-state index < -0.39 is 4.92 Å². The largest absolute Gasteiger partial charge is 0.369 e. The van der Waals surface area contributed by atoms with E-state index in [1.165, 1.54) is 37.9 Å². The molecule has 0 unspecified atom stereocenters. The van der Waals surface area contributed by atoms with Gasteiger partial charge in [0.2, 0.25) is 0 Å². The minimum Gasteiger partial charge on any atom is -0.369 e. The summed E-state index contributed by atoms with van der Waals surface area (Å²) >= 11 is 6.41. The Hall–Kier alpha value is -2.51. The lowest BCUT2D eigenvalue weighted by Gasteiger charge is -2.36. The van der Waals surface area contributed by atoms with Crippen molar-refractivity contribution in [2.24, 2.45) is 10.2 Å². The van der Waals surface area contributed by atoms with Crippen molar-refractivity contribution in [3.05, 3.63) is 57.6 Å². The van der Waals surface area contributed by atoms with Gasteiger partial charge in [-0.1, -0.05) is 31.4 Å². The molecule has 0 bridgehead atoms. The van der Waals surface area contributed by atoms with Crippen molar-refractivity contribution in [2.45, 2.75) is 26.2 Å². The molecule has 0 aliphatic carbocycles. The fourth-order valence-electron chi connectivity index (χ4n) is 3.34. The molecule has 1 saturated heterocycles. The van der Waals surface area contributed by atoms with E-state index in [9.17, 15) is 10.1 Å². The van der Waals surface area contributed by atoms with Crippen molar-refractivity contribution in [3.63, 3.8) is 0 Å². The summed E-state index contributed by atoms with van der Waals surface area (Å²) < 4.78 is 0. The first-order valence-corrected chi connectivity index (χ1v) is 10.4. The molecule has 7 nitrogen and oxygen atoms in total. The van der Waals surface area contributed by atoms with Crippen LogP contribution in [0.2, 0.25) is 5.02 Å². The predicted octanol–water partition coefficient (Wildman–Crippen LogP) is 5.98. The summed E-state index contributed by atoms with van der Waals surface area (Å²) in [6.07, 6.45) is 3.83. The molecule has 8 heteroatoms. The highest BCUT2D eigenvalue weighted by atomic mass is 35.5. The number of rotatable bonds is 8. The van der Waals surface area contributed by atoms with E-state index in [4.69, 9.17) is 11.6 Å². The molecule has 29 heavy (non-hydrogen) atoms. The van der Waals surface area contributed by atoms with Gasteiger partial charge >= 0.3 is 0 Å². The summed E-state index contributed by atoms with van der Waals surface area (Å²) in [5.41, 5.74) is 2.23. The molecule has 0 spiro atoms. The van der Waals surface area contributed by atoms with Crippen LogP contribution in [0.5, 0.6) is 0 Å². The monoisotopic (exact) mass is 415 g/mol. The number of halogens is 1. The summed E-state index contributed by atoms with van der Waals surface area (Å²) in [6.45, 7) is 7.55. The third-order valence-corrected chi connectivity index (χ3v) is 5.38. The van der Waals surface area contributed by atoms with Crippen molar-refractivity contribution >= 4 is 34.4 Å². The summed E-state index contributed by atoms with van der Waals surface area (Å²) in [7, 11) is 0. The molecule has 2 aromatic rings. The number of azo groups is 1. The summed E-state index contributed by atoms with van der Waals surface area (Å²) in [5, 5.41) is 19.6. The molecule has 0 aromatic heterocycles. The van der Waals surface area contributed by atoms with Crippen molar-refractivity contribution in [3.8, 4) is 0 Å². The van der Waals surface area contributed by atoms with Crippen LogP contribution in [0.3, 0.4) is 0 Å². The van der Waals surface area contributed by atoms with Gasteiger partial charge in [-0.15, -0.1) is 5.11 Å². The number of piperazine rings is 1. The fourth-order valence-corrected chi connectivity index (χ4v) is 3.55. The first kappa shape index (κ1) is 21.2. The van der Waals surface area contributed by atoms with E-state index >= 15 is 0 Å². The van der Waals surface area contributed by atoms with Gasteiger partial charge in [0.25, 0.3) is 5.69 Å². The van der Waals surface area contributed by atoms with E-state index in [2.05, 4.69) is 27.0 Å². The van der Waals surface area contributed by atoms with Gasteiger partial charge in [-0.3, -0.25) is 15.0 Å². The SMILES string of the molecule is CCCCCN1CCN(c2ccc(N=Nc3ccc([N+](=O)[O-])cc3)c(Cl)c2)CC1. The topological polar surface area (TPSA) is 74.3 Å². The van der Waals surface area contributed by atoms with Gasteiger partial charge in [-0.25, -0.2) is 0 Å². The maximum absolute atomic E-state index is 10.7. The van der Waals surface area contributed by atoms with Crippen LogP contribution >= 0.6 is 11.6 Å². The standard InChI is InChI=1S/C21H26ClN5O2/c1-2-3-4-11-25-12-14-26(15-13-25)19-9-10-21(20(22)16-19)24-23-17-5-7-18(8-6-17)27(28)29/h5-10,16H,2-4,11-15H2,1H3. The van der Waals surface area contributed by atoms with Gasteiger partial charge in [-0.2, -0.15) is 5.11 Å². The maximum Gasteiger partial charge on any atom is 0.269 e. The van der Waals surface area contributed by atoms with Gasteiger partial charge < -0.3 is 4.90 Å². The number of hydrogen-bond acceptors (Lipinski definition) is 6. The van der Waals surface area contributed by atoms with Crippen LogP contribution in [-0.2, 0) is 0 Å². The Labute approximate surface area is 176 Å². The summed E-state index contributed by atoms with van der Waals surface area (Å²) in [4.78, 5) is 15.1. The molecule has 0 amide bonds. The van der Waals surface area contributed by atoms with E-state index in [-0.39, 0.29) is 5.69 Å². The Morgan fingerprint density at radius 1 is 1.03 bits per heavy atom. The molecular formula is C21H26ClN5O2. The predicted molar refractivity (Wildman–Crippen MR) is 117 cm³/mol. The van der Waals surface area contributed by atoms with E-state index in [0.29, 0.717) is 16.4 Å². The lowest BCUT2D eigenvalue weighted by atomic mass is 10.2. The van der Waals surface area contributed by atoms with E-state index in [0.717, 1.165) is 31.9 Å². The highest BCUT2D eigenvalue weighted by Crippen LogP contribution is 2.31. The Morgan fingerprint density at radius 3 is 2.38 bits per heavy atom. The number of nitrogens with zero attached hydrogens (tertiary/aromatic N) is 5. The molecule has 1 aliphatic heterocycles. The highest BCUT2D eigenvalue weighted by molar-refractivity contribution is 6.33. The van der Waals surface area contributed by atoms with Crippen LogP contribution in [0.25, 0.3) is 0 Å². The molecule has 0 atom stereocenters. The van der Waals surface area contributed by atoms with Gasteiger partial charge in [0.15, 0.2) is 0 Å². The zero-order valence-corrected chi connectivity index (χ0v) is 17.4. The molecule has 1 heterocycles. The Kier molecular flexibility index (Phi) is 7.55. The van der Waals surface area contributed by atoms with Crippen LogP contribution in [0.15, 0.2) is 52.7 Å². The van der Waals surface area contributed by atoms with Crippen LogP contribution < -0.4 is 4.90 Å². The number of anilines is 1. The van der Waals surface area contributed by atoms with Crippen molar-refractivity contribution in [1.82, 2.24) is 4.90 Å². The second kappa shape index (κ2) is 10.3. The van der Waals surface area contributed by atoms with Gasteiger partial charge in [0.1, 0.15) is 5.69 Å². The number of nitro benzene ring substituents is 1. The number of hydrogen-bond donors (Lipinski definition) is 0. The lowest BCUT2D eigenvalue weighted by Crippen LogP contribution is -2.46. The zero-order chi connectivity index (χ0) is 20.6. The average molecular weight is 416 g/mol. The molecule has 0 radical (unpaired) electrons. The zero-order valence-electron chi connectivity index (χ0n) is 16.6. The molecule has 0 N–H and O–H groups in total. The van der Waals surface area contributed by atoms with E-state index in [1.807, 2.05) is 18.2 Å². The molecule has 1 fully saturated rings. The van der Waals surface area contributed by atoms with Crippen LogP contribution in [0.1, 0.15) is 26.2 Å². The number of benzene rings is 2. The van der Waals surface area contributed by atoms with Gasteiger partial charge in [0, 0.05) is 44.0 Å². The normalized spacial score (nSPS) is 15.2. The van der Waals surface area contributed by atoms with Crippen molar-refractivity contribution in [2.75, 3.05) is 37.6 Å². The Morgan fingerprint density at radius 2 is 1.76 bits per heavy atom. The van der Waals surface area contributed by atoms with Gasteiger partial charge in [0.05, 0.1) is 15.6 Å². The quantitative estimate of drug-likeness (QED) is 0.230. The number of non-ortho nitro benzene ring substituents is 1. The third-order valence-electron chi connectivity index (χ3n) is 5.08. The second-order valence-electron chi connectivity index (χ2n) is 7.15. The minimum atomic E-state index is -0.443. The van der Waals surface area contributed by atoms with Crippen LogP contribution in [0, 0.1) is 10.1 Å². The molecule has 3 rings (SSSR count). The molecular weight excluding hydrogens is 390 g/mol. The molecule has 0 saturated carbocycles. The van der Waals surface area contributed by atoms with Crippen LogP contribution in [0.4, 0.5) is 22.7 Å². The lowest BCUT2D eigenvalue weighted by molar-refractivity contribution is -0.384. The maximum atomic E-state index is 10.7. The first-order valence-electron chi connectivity index (χ1n) is 10.00.